The fraction of sp³-hybridized carbons (Fsp3) is 1.00. The molecule has 0 bridgehead atoms. The Morgan fingerprint density at radius 2 is 1.61 bits per heavy atom. The molecule has 3 heteroatoms. The topological polar surface area (TPSA) is 18.5 Å². The van der Waals surface area contributed by atoms with E-state index in [1.54, 1.807) is 0 Å². The summed E-state index contributed by atoms with van der Waals surface area (Å²) in [5, 5.41) is 3.69. The van der Waals surface area contributed by atoms with Crippen LogP contribution < -0.4 is 5.32 Å². The highest BCUT2D eigenvalue weighted by Crippen LogP contribution is 2.19. The van der Waals surface area contributed by atoms with Gasteiger partial charge in [0.1, 0.15) is 0 Å². The highest BCUT2D eigenvalue weighted by molar-refractivity contribution is 4.86. The molecule has 0 aromatic rings. The summed E-state index contributed by atoms with van der Waals surface area (Å²) in [6.07, 6.45) is 5.36. The number of nitrogens with zero attached hydrogens (tertiary/aromatic N) is 2. The van der Waals surface area contributed by atoms with Crippen molar-refractivity contribution in [2.75, 3.05) is 32.7 Å². The molecule has 1 heterocycles. The zero-order valence-electron chi connectivity index (χ0n) is 12.5. The molecule has 2 fully saturated rings. The van der Waals surface area contributed by atoms with Gasteiger partial charge in [-0.3, -0.25) is 9.80 Å². The molecule has 2 aliphatic rings. The zero-order chi connectivity index (χ0) is 13.0. The fourth-order valence-electron chi connectivity index (χ4n) is 2.92. The van der Waals surface area contributed by atoms with Crippen LogP contribution in [-0.4, -0.2) is 60.6 Å². The minimum absolute atomic E-state index is 0.754. The molecule has 1 saturated heterocycles. The van der Waals surface area contributed by atoms with Crippen molar-refractivity contribution in [1.82, 2.24) is 15.1 Å². The van der Waals surface area contributed by atoms with Crippen molar-refractivity contribution in [2.24, 2.45) is 0 Å². The monoisotopic (exact) mass is 253 g/mol. The van der Waals surface area contributed by atoms with Crippen LogP contribution in [0.3, 0.4) is 0 Å². The first-order valence-electron chi connectivity index (χ1n) is 7.96. The molecular formula is C15H31N3. The van der Waals surface area contributed by atoms with Gasteiger partial charge < -0.3 is 5.32 Å². The van der Waals surface area contributed by atoms with Gasteiger partial charge in [0.25, 0.3) is 0 Å². The predicted octanol–water partition coefficient (Wildman–Crippen LogP) is 1.93. The summed E-state index contributed by atoms with van der Waals surface area (Å²) in [4.78, 5) is 5.35. The average molecular weight is 253 g/mol. The van der Waals surface area contributed by atoms with E-state index in [2.05, 4.69) is 35.9 Å². The van der Waals surface area contributed by atoms with Gasteiger partial charge in [-0.1, -0.05) is 13.8 Å². The molecule has 106 valence electrons. The molecule has 0 amide bonds. The number of nitrogens with one attached hydrogen (secondary N) is 1. The van der Waals surface area contributed by atoms with E-state index in [-0.39, 0.29) is 0 Å². The van der Waals surface area contributed by atoms with E-state index in [4.69, 9.17) is 0 Å². The molecular weight excluding hydrogens is 222 g/mol. The third-order valence-corrected chi connectivity index (χ3v) is 4.77. The molecule has 2 unspecified atom stereocenters. The van der Waals surface area contributed by atoms with Crippen LogP contribution >= 0.6 is 0 Å². The van der Waals surface area contributed by atoms with E-state index in [1.165, 1.54) is 58.4 Å². The summed E-state index contributed by atoms with van der Waals surface area (Å²) in [5.74, 6) is 0. The Hall–Kier alpha value is -0.120. The molecule has 0 aromatic carbocycles. The number of hydrogen-bond acceptors (Lipinski definition) is 3. The van der Waals surface area contributed by atoms with Crippen molar-refractivity contribution < 1.29 is 0 Å². The van der Waals surface area contributed by atoms with Gasteiger partial charge in [0.2, 0.25) is 0 Å². The fourth-order valence-corrected chi connectivity index (χ4v) is 2.92. The summed E-state index contributed by atoms with van der Waals surface area (Å²) in [7, 11) is 0. The van der Waals surface area contributed by atoms with Crippen LogP contribution in [0.4, 0.5) is 0 Å². The molecule has 2 atom stereocenters. The van der Waals surface area contributed by atoms with Crippen LogP contribution in [0.25, 0.3) is 0 Å². The van der Waals surface area contributed by atoms with E-state index in [0.29, 0.717) is 0 Å². The van der Waals surface area contributed by atoms with Gasteiger partial charge in [0.15, 0.2) is 0 Å². The van der Waals surface area contributed by atoms with Crippen molar-refractivity contribution in [1.29, 1.82) is 0 Å². The highest BCUT2D eigenvalue weighted by Gasteiger charge is 2.26. The van der Waals surface area contributed by atoms with E-state index in [0.717, 1.165) is 18.1 Å². The normalized spacial score (nSPS) is 26.2. The summed E-state index contributed by atoms with van der Waals surface area (Å²) >= 11 is 0. The van der Waals surface area contributed by atoms with E-state index < -0.39 is 0 Å². The Morgan fingerprint density at radius 3 is 2.11 bits per heavy atom. The highest BCUT2D eigenvalue weighted by atomic mass is 15.3. The van der Waals surface area contributed by atoms with Gasteiger partial charge in [-0.25, -0.2) is 0 Å². The lowest BCUT2D eigenvalue weighted by atomic mass is 10.1. The van der Waals surface area contributed by atoms with Crippen LogP contribution in [-0.2, 0) is 0 Å². The maximum Gasteiger partial charge on any atom is 0.0219 e. The Morgan fingerprint density at radius 1 is 1.00 bits per heavy atom. The van der Waals surface area contributed by atoms with Gasteiger partial charge in [0.05, 0.1) is 0 Å². The zero-order valence-corrected chi connectivity index (χ0v) is 12.5. The maximum absolute atomic E-state index is 3.69. The lowest BCUT2D eigenvalue weighted by molar-refractivity contribution is 0.0705. The number of rotatable bonds is 7. The van der Waals surface area contributed by atoms with Crippen LogP contribution in [0.5, 0.6) is 0 Å². The Balaban J connectivity index is 1.72. The molecule has 0 aromatic heterocycles. The van der Waals surface area contributed by atoms with E-state index in [9.17, 15) is 0 Å². The summed E-state index contributed by atoms with van der Waals surface area (Å²) < 4.78 is 0. The first kappa shape index (κ1) is 14.3. The van der Waals surface area contributed by atoms with Crippen molar-refractivity contribution in [2.45, 2.75) is 64.6 Å². The maximum atomic E-state index is 3.69. The average Bonchev–Trinajstić information content (AvgIpc) is 3.23. The minimum atomic E-state index is 0.754. The quantitative estimate of drug-likeness (QED) is 0.748. The van der Waals surface area contributed by atoms with Crippen molar-refractivity contribution >= 4 is 0 Å². The largest absolute Gasteiger partial charge is 0.312 e. The molecule has 0 radical (unpaired) electrons. The Kier molecular flexibility index (Phi) is 5.46. The van der Waals surface area contributed by atoms with E-state index in [1.807, 2.05) is 0 Å². The second kappa shape index (κ2) is 6.88. The smallest absolute Gasteiger partial charge is 0.0219 e. The minimum Gasteiger partial charge on any atom is -0.312 e. The number of hydrogen-bond donors (Lipinski definition) is 1. The Bertz CT molecular complexity index is 232. The molecule has 1 aliphatic carbocycles. The third kappa shape index (κ3) is 3.94. The lowest BCUT2D eigenvalue weighted by Crippen LogP contribution is -2.54. The van der Waals surface area contributed by atoms with Crippen LogP contribution in [0, 0.1) is 0 Å². The molecule has 0 spiro atoms. The van der Waals surface area contributed by atoms with Gasteiger partial charge in [-0.05, 0) is 32.6 Å². The summed E-state index contributed by atoms with van der Waals surface area (Å²) in [6, 6.07) is 2.36. The van der Waals surface area contributed by atoms with Crippen LogP contribution in [0.1, 0.15) is 46.5 Å². The van der Waals surface area contributed by atoms with Crippen LogP contribution in [0.15, 0.2) is 0 Å². The second-order valence-corrected chi connectivity index (χ2v) is 6.07. The first-order chi connectivity index (χ1) is 8.74. The molecule has 18 heavy (non-hydrogen) atoms. The van der Waals surface area contributed by atoms with Crippen molar-refractivity contribution in [3.8, 4) is 0 Å². The second-order valence-electron chi connectivity index (χ2n) is 6.07. The molecule has 3 nitrogen and oxygen atoms in total. The molecule has 1 saturated carbocycles. The van der Waals surface area contributed by atoms with E-state index >= 15 is 0 Å². The van der Waals surface area contributed by atoms with Gasteiger partial charge in [-0.2, -0.15) is 0 Å². The first-order valence-corrected chi connectivity index (χ1v) is 7.96. The van der Waals surface area contributed by atoms with Gasteiger partial charge in [0, 0.05) is 50.8 Å². The van der Waals surface area contributed by atoms with Crippen molar-refractivity contribution in [3.63, 3.8) is 0 Å². The molecule has 2 rings (SSSR count). The van der Waals surface area contributed by atoms with Crippen molar-refractivity contribution in [3.05, 3.63) is 0 Å². The predicted molar refractivity (Wildman–Crippen MR) is 78.0 cm³/mol. The van der Waals surface area contributed by atoms with Gasteiger partial charge >= 0.3 is 0 Å². The van der Waals surface area contributed by atoms with Gasteiger partial charge in [-0.15, -0.1) is 0 Å². The summed E-state index contributed by atoms with van der Waals surface area (Å²) in [6.45, 7) is 13.2. The van der Waals surface area contributed by atoms with Crippen LogP contribution in [0.2, 0.25) is 0 Å². The molecule has 1 aliphatic heterocycles. The number of piperazine rings is 1. The third-order valence-electron chi connectivity index (χ3n) is 4.77. The SMILES string of the molecule is CCC(C)N1CCN(C(CC)CNC2CC2)CC1. The Labute approximate surface area is 113 Å². The summed E-state index contributed by atoms with van der Waals surface area (Å²) in [5.41, 5.74) is 0. The lowest BCUT2D eigenvalue weighted by Gasteiger charge is -2.41. The standard InChI is InChI=1S/C15H31N3/c1-4-13(3)17-8-10-18(11-9-17)15(5-2)12-16-14-6-7-14/h13-16H,4-12H2,1-3H3. The molecule has 1 N–H and O–H groups in total.